The summed E-state index contributed by atoms with van der Waals surface area (Å²) in [4.78, 5) is 13.1. The molecule has 1 heterocycles. The molecule has 5 aliphatic rings. The lowest BCUT2D eigenvalue weighted by Crippen LogP contribution is -2.64. The third-order valence-corrected chi connectivity index (χ3v) is 10.2. The molecule has 0 spiro atoms. The van der Waals surface area contributed by atoms with E-state index < -0.39 is 10.0 Å². The Bertz CT molecular complexity index is 911. The van der Waals surface area contributed by atoms with Gasteiger partial charge in [0.2, 0.25) is 10.0 Å². The average Bonchev–Trinajstić information content (AvgIpc) is 2.71. The predicted octanol–water partition coefficient (Wildman–Crippen LogP) is 3.75. The molecule has 2 N–H and O–H groups in total. The first-order valence-corrected chi connectivity index (χ1v) is 13.3. The van der Waals surface area contributed by atoms with E-state index in [0.717, 1.165) is 43.9 Å². The second-order valence-electron chi connectivity index (χ2n) is 11.0. The summed E-state index contributed by atoms with van der Waals surface area (Å²) >= 11 is 0. The summed E-state index contributed by atoms with van der Waals surface area (Å²) in [6.07, 6.45) is 8.98. The van der Waals surface area contributed by atoms with Crippen LogP contribution in [0.15, 0.2) is 35.2 Å². The fraction of sp³-hybridized carbons (Fsp3) is 0.708. The largest absolute Gasteiger partial charge is 0.338 e. The first kappa shape index (κ1) is 21.3. The van der Waals surface area contributed by atoms with Crippen molar-refractivity contribution in [2.45, 2.75) is 68.7 Å². The van der Waals surface area contributed by atoms with Gasteiger partial charge in [0.15, 0.2) is 0 Å². The highest BCUT2D eigenvalue weighted by atomic mass is 32.2. The molecule has 1 aromatic rings. The van der Waals surface area contributed by atoms with Gasteiger partial charge in [0.1, 0.15) is 0 Å². The highest BCUT2D eigenvalue weighted by Crippen LogP contribution is 2.61. The maximum Gasteiger partial charge on any atom is 0.315 e. The predicted molar refractivity (Wildman–Crippen MR) is 120 cm³/mol. The molecule has 1 aliphatic heterocycles. The molecule has 6 nitrogen and oxygen atoms in total. The van der Waals surface area contributed by atoms with E-state index in [1.807, 2.05) is 6.07 Å². The van der Waals surface area contributed by atoms with Crippen LogP contribution in [0.1, 0.15) is 58.3 Å². The van der Waals surface area contributed by atoms with Crippen LogP contribution in [0.5, 0.6) is 0 Å². The normalized spacial score (nSPS) is 35.8. The van der Waals surface area contributed by atoms with Crippen LogP contribution in [-0.2, 0) is 10.0 Å². The Hall–Kier alpha value is -1.60. The summed E-state index contributed by atoms with van der Waals surface area (Å²) in [5.74, 6) is 1.88. The van der Waals surface area contributed by atoms with Crippen LogP contribution in [-0.4, -0.2) is 43.9 Å². The van der Waals surface area contributed by atoms with Crippen LogP contribution >= 0.6 is 0 Å². The van der Waals surface area contributed by atoms with Crippen molar-refractivity contribution < 1.29 is 13.2 Å². The summed E-state index contributed by atoms with van der Waals surface area (Å²) in [5.41, 5.74) is 0.407. The molecule has 4 bridgehead atoms. The van der Waals surface area contributed by atoms with Crippen molar-refractivity contribution in [1.82, 2.24) is 14.9 Å². The smallest absolute Gasteiger partial charge is 0.315 e. The topological polar surface area (TPSA) is 78.5 Å². The summed E-state index contributed by atoms with van der Waals surface area (Å²) in [7, 11) is -3.42. The zero-order chi connectivity index (χ0) is 21.7. The van der Waals surface area contributed by atoms with Crippen LogP contribution in [0.3, 0.4) is 0 Å². The monoisotopic (exact) mass is 445 g/mol. The molecule has 2 amide bonds. The minimum atomic E-state index is -3.42. The molecular weight excluding hydrogens is 410 g/mol. The van der Waals surface area contributed by atoms with E-state index in [9.17, 15) is 13.2 Å². The van der Waals surface area contributed by atoms with Crippen molar-refractivity contribution >= 4 is 16.1 Å². The number of nitrogens with one attached hydrogen (secondary N) is 2. The van der Waals surface area contributed by atoms with E-state index in [0.29, 0.717) is 35.9 Å². The lowest BCUT2D eigenvalue weighted by atomic mass is 9.47. The van der Waals surface area contributed by atoms with Crippen LogP contribution < -0.4 is 10.6 Å². The van der Waals surface area contributed by atoms with Gasteiger partial charge < -0.3 is 10.6 Å². The summed E-state index contributed by atoms with van der Waals surface area (Å²) in [5, 5.41) is 6.49. The van der Waals surface area contributed by atoms with E-state index in [2.05, 4.69) is 17.6 Å². The quantitative estimate of drug-likeness (QED) is 0.725. The molecule has 0 radical (unpaired) electrons. The van der Waals surface area contributed by atoms with Gasteiger partial charge in [-0.3, -0.25) is 0 Å². The van der Waals surface area contributed by atoms with Gasteiger partial charge in [-0.05, 0) is 86.7 Å². The Labute approximate surface area is 186 Å². The lowest BCUT2D eigenvalue weighted by Gasteiger charge is -2.61. The van der Waals surface area contributed by atoms with Gasteiger partial charge >= 0.3 is 6.03 Å². The minimum absolute atomic E-state index is 0.00393. The molecule has 1 saturated heterocycles. The van der Waals surface area contributed by atoms with E-state index >= 15 is 0 Å². The molecule has 4 aliphatic carbocycles. The van der Waals surface area contributed by atoms with E-state index in [1.165, 1.54) is 19.3 Å². The van der Waals surface area contributed by atoms with Crippen LogP contribution in [0.4, 0.5) is 4.79 Å². The Morgan fingerprint density at radius 1 is 1.06 bits per heavy atom. The van der Waals surface area contributed by atoms with Gasteiger partial charge in [-0.2, -0.15) is 4.31 Å². The maximum atomic E-state index is 12.8. The number of hydrogen-bond donors (Lipinski definition) is 2. The van der Waals surface area contributed by atoms with E-state index in [-0.39, 0.29) is 11.6 Å². The molecule has 6 rings (SSSR count). The van der Waals surface area contributed by atoms with Gasteiger partial charge in [-0.15, -0.1) is 0 Å². The lowest BCUT2D eigenvalue weighted by molar-refractivity contribution is -0.0668. The maximum absolute atomic E-state index is 12.8. The number of rotatable bonds is 5. The third-order valence-electron chi connectivity index (χ3n) is 8.24. The van der Waals surface area contributed by atoms with Crippen LogP contribution in [0.25, 0.3) is 0 Å². The highest BCUT2D eigenvalue weighted by molar-refractivity contribution is 7.89. The van der Waals surface area contributed by atoms with E-state index in [1.54, 1.807) is 28.6 Å². The molecule has 4 atom stereocenters. The van der Waals surface area contributed by atoms with Gasteiger partial charge in [-0.25, -0.2) is 13.2 Å². The zero-order valence-electron chi connectivity index (χ0n) is 18.5. The SMILES string of the molecule is CC12C[C@H]3C[C@@H](C1)CC(NC(=O)NCC1CCN(S(=O)(=O)c4ccccc4)CC1)(C3)C2. The van der Waals surface area contributed by atoms with Gasteiger partial charge in [0, 0.05) is 25.2 Å². The molecule has 5 fully saturated rings. The van der Waals surface area contributed by atoms with Crippen molar-refractivity contribution in [3.63, 3.8) is 0 Å². The minimum Gasteiger partial charge on any atom is -0.338 e. The Morgan fingerprint density at radius 3 is 2.32 bits per heavy atom. The number of benzene rings is 1. The molecule has 4 saturated carbocycles. The Balaban J connectivity index is 1.11. The number of sulfonamides is 1. The average molecular weight is 446 g/mol. The molecule has 0 aromatic heterocycles. The van der Waals surface area contributed by atoms with Crippen molar-refractivity contribution in [2.75, 3.05) is 19.6 Å². The Morgan fingerprint density at radius 2 is 1.71 bits per heavy atom. The molecule has 1 aromatic carbocycles. The first-order valence-electron chi connectivity index (χ1n) is 11.9. The van der Waals surface area contributed by atoms with Crippen LogP contribution in [0, 0.1) is 23.2 Å². The standard InChI is InChI=1S/C24H35N3O3S/c1-23-12-19-11-20(13-23)15-24(14-19,17-23)26-22(28)25-16-18-7-9-27(10-8-18)31(29,30)21-5-3-2-4-6-21/h2-6,18-20H,7-17H2,1H3,(H2,25,26,28)/t19-,20+,23?,24?. The number of nitrogens with zero attached hydrogens (tertiary/aromatic N) is 1. The van der Waals surface area contributed by atoms with Crippen molar-refractivity contribution in [3.05, 3.63) is 30.3 Å². The first-order chi connectivity index (χ1) is 14.8. The second-order valence-corrected chi connectivity index (χ2v) is 13.0. The van der Waals surface area contributed by atoms with Gasteiger partial charge in [-0.1, -0.05) is 25.1 Å². The fourth-order valence-electron chi connectivity index (χ4n) is 7.48. The van der Waals surface area contributed by atoms with Crippen molar-refractivity contribution in [3.8, 4) is 0 Å². The number of urea groups is 1. The van der Waals surface area contributed by atoms with Crippen LogP contribution in [0.2, 0.25) is 0 Å². The highest BCUT2D eigenvalue weighted by Gasteiger charge is 2.56. The molecular formula is C24H35N3O3S. The summed E-state index contributed by atoms with van der Waals surface area (Å²) in [6, 6.07) is 8.60. The fourth-order valence-corrected chi connectivity index (χ4v) is 8.97. The number of piperidine rings is 1. The van der Waals surface area contributed by atoms with Gasteiger partial charge in [0.05, 0.1) is 4.90 Å². The number of carbonyl (C=O) groups is 1. The second kappa shape index (κ2) is 7.77. The summed E-state index contributed by atoms with van der Waals surface area (Å²) in [6.45, 7) is 4.05. The Kier molecular flexibility index (Phi) is 5.32. The molecule has 170 valence electrons. The third kappa shape index (κ3) is 4.23. The molecule has 7 heteroatoms. The molecule has 2 unspecified atom stereocenters. The summed E-state index contributed by atoms with van der Waals surface area (Å²) < 4.78 is 27.1. The van der Waals surface area contributed by atoms with Crippen molar-refractivity contribution in [2.24, 2.45) is 23.2 Å². The zero-order valence-corrected chi connectivity index (χ0v) is 19.3. The molecule has 31 heavy (non-hydrogen) atoms. The van der Waals surface area contributed by atoms with Crippen molar-refractivity contribution in [1.29, 1.82) is 0 Å². The number of hydrogen-bond acceptors (Lipinski definition) is 3. The van der Waals surface area contributed by atoms with Gasteiger partial charge in [0.25, 0.3) is 0 Å². The number of carbonyl (C=O) groups excluding carboxylic acids is 1. The number of amides is 2. The van der Waals surface area contributed by atoms with E-state index in [4.69, 9.17) is 0 Å².